The number of carbonyl (C=O) groups excluding carboxylic acids is 3. The summed E-state index contributed by atoms with van der Waals surface area (Å²) in [4.78, 5) is 34.2. The molecule has 3 amide bonds. The van der Waals surface area contributed by atoms with Gasteiger partial charge in [0, 0.05) is 6.04 Å². The SMILES string of the molecule is COc1ccc(OCC(=O)NNC(=O)C(=O)NC2CC2)cc1. The molecule has 1 fully saturated rings. The number of carbonyl (C=O) groups is 3. The summed E-state index contributed by atoms with van der Waals surface area (Å²) in [6.07, 6.45) is 1.75. The van der Waals surface area contributed by atoms with Gasteiger partial charge in [-0.05, 0) is 37.1 Å². The molecule has 0 unspecified atom stereocenters. The lowest BCUT2D eigenvalue weighted by molar-refractivity contribution is -0.141. The average Bonchev–Trinajstić information content (AvgIpc) is 3.34. The lowest BCUT2D eigenvalue weighted by Crippen LogP contribution is -2.50. The Hall–Kier alpha value is -2.77. The van der Waals surface area contributed by atoms with Gasteiger partial charge in [-0.1, -0.05) is 0 Å². The Morgan fingerprint density at radius 2 is 1.68 bits per heavy atom. The molecule has 0 saturated heterocycles. The summed E-state index contributed by atoms with van der Waals surface area (Å²) in [6, 6.07) is 6.75. The molecule has 0 spiro atoms. The van der Waals surface area contributed by atoms with E-state index in [1.54, 1.807) is 31.4 Å². The standard InChI is InChI=1S/C14H17N3O5/c1-21-10-4-6-11(7-5-10)22-8-12(18)16-17-14(20)13(19)15-9-2-3-9/h4-7,9H,2-3,8H2,1H3,(H,15,19)(H,16,18)(H,17,20). The molecule has 118 valence electrons. The summed E-state index contributed by atoms with van der Waals surface area (Å²) < 4.78 is 10.2. The number of ether oxygens (including phenoxy) is 2. The van der Waals surface area contributed by atoms with Crippen molar-refractivity contribution >= 4 is 17.7 Å². The molecule has 0 bridgehead atoms. The Balaban J connectivity index is 1.66. The van der Waals surface area contributed by atoms with Crippen LogP contribution in [0.15, 0.2) is 24.3 Å². The minimum absolute atomic E-state index is 0.0763. The zero-order valence-electron chi connectivity index (χ0n) is 12.0. The highest BCUT2D eigenvalue weighted by Gasteiger charge is 2.26. The smallest absolute Gasteiger partial charge is 0.327 e. The summed E-state index contributed by atoms with van der Waals surface area (Å²) in [7, 11) is 1.55. The number of amides is 3. The van der Waals surface area contributed by atoms with Crippen LogP contribution < -0.4 is 25.6 Å². The van der Waals surface area contributed by atoms with Gasteiger partial charge in [-0.2, -0.15) is 0 Å². The molecule has 3 N–H and O–H groups in total. The van der Waals surface area contributed by atoms with E-state index in [4.69, 9.17) is 9.47 Å². The molecule has 1 aliphatic rings. The van der Waals surface area contributed by atoms with Gasteiger partial charge in [-0.15, -0.1) is 0 Å². The van der Waals surface area contributed by atoms with Gasteiger partial charge in [0.2, 0.25) is 0 Å². The number of hydrogen-bond acceptors (Lipinski definition) is 5. The minimum atomic E-state index is -0.912. The first-order valence-electron chi connectivity index (χ1n) is 6.75. The minimum Gasteiger partial charge on any atom is -0.497 e. The summed E-state index contributed by atoms with van der Waals surface area (Å²) in [6.45, 7) is -0.295. The molecule has 8 nitrogen and oxygen atoms in total. The molecule has 0 aliphatic heterocycles. The largest absolute Gasteiger partial charge is 0.497 e. The van der Waals surface area contributed by atoms with Crippen LogP contribution in [0.2, 0.25) is 0 Å². The van der Waals surface area contributed by atoms with Crippen molar-refractivity contribution in [1.29, 1.82) is 0 Å². The third-order valence-corrected chi connectivity index (χ3v) is 2.86. The maximum Gasteiger partial charge on any atom is 0.327 e. The quantitative estimate of drug-likeness (QED) is 0.502. The summed E-state index contributed by atoms with van der Waals surface area (Å²) >= 11 is 0. The predicted octanol–water partition coefficient (Wildman–Crippen LogP) is -0.500. The highest BCUT2D eigenvalue weighted by molar-refractivity contribution is 6.35. The van der Waals surface area contributed by atoms with Gasteiger partial charge in [-0.25, -0.2) is 0 Å². The van der Waals surface area contributed by atoms with Crippen molar-refractivity contribution in [2.24, 2.45) is 0 Å². The summed E-state index contributed by atoms with van der Waals surface area (Å²) in [5.41, 5.74) is 4.12. The average molecular weight is 307 g/mol. The van der Waals surface area contributed by atoms with Crippen LogP contribution in [0.4, 0.5) is 0 Å². The Morgan fingerprint density at radius 3 is 2.27 bits per heavy atom. The highest BCUT2D eigenvalue weighted by Crippen LogP contribution is 2.18. The van der Waals surface area contributed by atoms with Crippen LogP contribution in [0.25, 0.3) is 0 Å². The fourth-order valence-corrected chi connectivity index (χ4v) is 1.52. The van der Waals surface area contributed by atoms with Gasteiger partial charge in [0.05, 0.1) is 7.11 Å². The van der Waals surface area contributed by atoms with Gasteiger partial charge < -0.3 is 14.8 Å². The van der Waals surface area contributed by atoms with E-state index in [0.29, 0.717) is 11.5 Å². The number of benzene rings is 1. The van der Waals surface area contributed by atoms with E-state index in [0.717, 1.165) is 12.8 Å². The number of methoxy groups -OCH3 is 1. The maximum absolute atomic E-state index is 11.5. The Kier molecular flexibility index (Phi) is 5.18. The molecule has 2 rings (SSSR count). The number of hydrogen-bond donors (Lipinski definition) is 3. The van der Waals surface area contributed by atoms with Crippen LogP contribution in [0, 0.1) is 0 Å². The van der Waals surface area contributed by atoms with Crippen molar-refractivity contribution in [3.8, 4) is 11.5 Å². The van der Waals surface area contributed by atoms with Crippen LogP contribution in [-0.2, 0) is 14.4 Å². The van der Waals surface area contributed by atoms with Crippen LogP contribution in [0.3, 0.4) is 0 Å². The molecule has 0 atom stereocenters. The third kappa shape index (κ3) is 4.97. The Morgan fingerprint density at radius 1 is 1.05 bits per heavy atom. The normalized spacial score (nSPS) is 13.0. The monoisotopic (exact) mass is 307 g/mol. The number of nitrogens with one attached hydrogen (secondary N) is 3. The van der Waals surface area contributed by atoms with Crippen molar-refractivity contribution in [1.82, 2.24) is 16.2 Å². The summed E-state index contributed by atoms with van der Waals surface area (Å²) in [5.74, 6) is -1.11. The fraction of sp³-hybridized carbons (Fsp3) is 0.357. The molecule has 22 heavy (non-hydrogen) atoms. The first-order chi connectivity index (χ1) is 10.6. The van der Waals surface area contributed by atoms with Crippen LogP contribution in [0.5, 0.6) is 11.5 Å². The first kappa shape index (κ1) is 15.6. The van der Waals surface area contributed by atoms with E-state index in [2.05, 4.69) is 10.7 Å². The first-order valence-corrected chi connectivity index (χ1v) is 6.75. The second kappa shape index (κ2) is 7.30. The maximum atomic E-state index is 11.5. The molecule has 0 aromatic heterocycles. The van der Waals surface area contributed by atoms with E-state index in [9.17, 15) is 14.4 Å². The molecule has 8 heteroatoms. The number of rotatable bonds is 5. The predicted molar refractivity (Wildman–Crippen MR) is 75.9 cm³/mol. The second-order valence-electron chi connectivity index (χ2n) is 4.71. The van der Waals surface area contributed by atoms with Crippen molar-refractivity contribution in [2.45, 2.75) is 18.9 Å². The summed E-state index contributed by atoms with van der Waals surface area (Å²) in [5, 5.41) is 2.50. The molecule has 0 radical (unpaired) electrons. The van der Waals surface area contributed by atoms with Gasteiger partial charge in [0.15, 0.2) is 6.61 Å². The Labute approximate surface area is 127 Å². The van der Waals surface area contributed by atoms with Crippen LogP contribution in [-0.4, -0.2) is 37.5 Å². The number of hydrazine groups is 1. The van der Waals surface area contributed by atoms with Crippen molar-refractivity contribution in [3.63, 3.8) is 0 Å². The molecule has 1 aromatic carbocycles. The highest BCUT2D eigenvalue weighted by atomic mass is 16.5. The van der Waals surface area contributed by atoms with Gasteiger partial charge in [0.25, 0.3) is 5.91 Å². The third-order valence-electron chi connectivity index (χ3n) is 2.86. The van der Waals surface area contributed by atoms with Crippen molar-refractivity contribution in [3.05, 3.63) is 24.3 Å². The van der Waals surface area contributed by atoms with Crippen molar-refractivity contribution < 1.29 is 23.9 Å². The van der Waals surface area contributed by atoms with E-state index in [1.807, 2.05) is 5.43 Å². The van der Waals surface area contributed by atoms with E-state index in [-0.39, 0.29) is 12.6 Å². The topological polar surface area (TPSA) is 106 Å². The molecule has 1 saturated carbocycles. The van der Waals surface area contributed by atoms with Gasteiger partial charge in [0.1, 0.15) is 11.5 Å². The molecular formula is C14H17N3O5. The Bertz CT molecular complexity index is 554. The molecule has 1 aromatic rings. The van der Waals surface area contributed by atoms with Gasteiger partial charge >= 0.3 is 11.8 Å². The molecular weight excluding hydrogens is 290 g/mol. The van der Waals surface area contributed by atoms with Crippen LogP contribution >= 0.6 is 0 Å². The lowest BCUT2D eigenvalue weighted by atomic mass is 10.3. The van der Waals surface area contributed by atoms with E-state index in [1.165, 1.54) is 0 Å². The second-order valence-corrected chi connectivity index (χ2v) is 4.71. The zero-order chi connectivity index (χ0) is 15.9. The lowest BCUT2D eigenvalue weighted by Gasteiger charge is -2.09. The molecule has 1 aliphatic carbocycles. The fourth-order valence-electron chi connectivity index (χ4n) is 1.52. The van der Waals surface area contributed by atoms with E-state index < -0.39 is 17.7 Å². The van der Waals surface area contributed by atoms with E-state index >= 15 is 0 Å². The zero-order valence-corrected chi connectivity index (χ0v) is 12.0. The van der Waals surface area contributed by atoms with Crippen molar-refractivity contribution in [2.75, 3.05) is 13.7 Å². The molecule has 0 heterocycles. The van der Waals surface area contributed by atoms with Crippen LogP contribution in [0.1, 0.15) is 12.8 Å². The van der Waals surface area contributed by atoms with Gasteiger partial charge in [-0.3, -0.25) is 25.2 Å².